The number of piperazine rings is 1. The van der Waals surface area contributed by atoms with Gasteiger partial charge in [0.1, 0.15) is 12.1 Å². The number of benzene rings is 1. The van der Waals surface area contributed by atoms with E-state index in [4.69, 9.17) is 9.47 Å². The van der Waals surface area contributed by atoms with Crippen LogP contribution in [0.1, 0.15) is 17.7 Å². The Morgan fingerprint density at radius 3 is 2.74 bits per heavy atom. The maximum atomic E-state index is 12.8. The summed E-state index contributed by atoms with van der Waals surface area (Å²) < 4.78 is 10.7. The van der Waals surface area contributed by atoms with Crippen LogP contribution in [-0.2, 0) is 0 Å². The second kappa shape index (κ2) is 6.00. The lowest BCUT2D eigenvalue weighted by Crippen LogP contribution is -2.71. The van der Waals surface area contributed by atoms with Crippen molar-refractivity contribution in [1.82, 2.24) is 14.9 Å². The molecular formula is C19H21N5O3. The molecule has 2 unspecified atom stereocenters. The lowest BCUT2D eigenvalue weighted by atomic mass is 9.87. The first-order valence-corrected chi connectivity index (χ1v) is 9.12. The molecule has 0 aliphatic carbocycles. The smallest absolute Gasteiger partial charge is 0.322 e. The number of aromatic nitrogens is 2. The molecular weight excluding hydrogens is 346 g/mol. The van der Waals surface area contributed by atoms with E-state index in [9.17, 15) is 4.79 Å². The van der Waals surface area contributed by atoms with Gasteiger partial charge in [0.2, 0.25) is 6.79 Å². The zero-order valence-electron chi connectivity index (χ0n) is 15.3. The van der Waals surface area contributed by atoms with E-state index < -0.39 is 0 Å². The topological polar surface area (TPSA) is 79.8 Å². The summed E-state index contributed by atoms with van der Waals surface area (Å²) in [5.41, 5.74) is 2.82. The highest BCUT2D eigenvalue weighted by atomic mass is 16.7. The first kappa shape index (κ1) is 16.2. The summed E-state index contributed by atoms with van der Waals surface area (Å²) >= 11 is 0. The molecule has 1 aromatic heterocycles. The number of carbonyl (C=O) groups is 1. The van der Waals surface area contributed by atoms with Gasteiger partial charge in [-0.1, -0.05) is 0 Å². The molecule has 1 aromatic carbocycles. The fourth-order valence-electron chi connectivity index (χ4n) is 4.12. The van der Waals surface area contributed by atoms with Crippen molar-refractivity contribution < 1.29 is 14.3 Å². The summed E-state index contributed by atoms with van der Waals surface area (Å²) in [6, 6.07) is 5.79. The maximum absolute atomic E-state index is 12.8. The third-order valence-corrected chi connectivity index (χ3v) is 5.66. The lowest BCUT2D eigenvalue weighted by molar-refractivity contribution is 0.0436. The molecule has 1 N–H and O–H groups in total. The highest BCUT2D eigenvalue weighted by Crippen LogP contribution is 2.37. The summed E-state index contributed by atoms with van der Waals surface area (Å²) in [6.07, 6.45) is 2.65. The molecule has 4 aliphatic heterocycles. The highest BCUT2D eigenvalue weighted by Gasteiger charge is 2.47. The largest absolute Gasteiger partial charge is 0.454 e. The van der Waals surface area contributed by atoms with E-state index in [0.717, 1.165) is 36.6 Å². The van der Waals surface area contributed by atoms with Gasteiger partial charge in [-0.05, 0) is 32.4 Å². The van der Waals surface area contributed by atoms with E-state index in [-0.39, 0.29) is 24.9 Å². The van der Waals surface area contributed by atoms with Crippen molar-refractivity contribution in [2.45, 2.75) is 32.4 Å². The van der Waals surface area contributed by atoms with Crippen LogP contribution in [0.25, 0.3) is 0 Å². The number of piperidine rings is 1. The van der Waals surface area contributed by atoms with E-state index in [0.29, 0.717) is 17.2 Å². The predicted octanol–water partition coefficient (Wildman–Crippen LogP) is 2.32. The Morgan fingerprint density at radius 1 is 1.15 bits per heavy atom. The molecule has 140 valence electrons. The minimum absolute atomic E-state index is 0.0645. The average molecular weight is 367 g/mol. The zero-order chi connectivity index (χ0) is 18.5. The van der Waals surface area contributed by atoms with Crippen LogP contribution in [0.4, 0.5) is 16.3 Å². The fraction of sp³-hybridized carbons (Fsp3) is 0.421. The number of hydrogen-bond donors (Lipinski definition) is 1. The summed E-state index contributed by atoms with van der Waals surface area (Å²) in [4.78, 5) is 25.7. The first-order chi connectivity index (χ1) is 13.1. The van der Waals surface area contributed by atoms with Gasteiger partial charge in [-0.15, -0.1) is 0 Å². The SMILES string of the molecule is Cc1ncnc(N2CC3CC(C2)N3C(=O)Nc2ccc3c(c2)OCO3)c1C. The number of nitrogens with zero attached hydrogens (tertiary/aromatic N) is 4. The summed E-state index contributed by atoms with van der Waals surface area (Å²) in [7, 11) is 0. The monoisotopic (exact) mass is 367 g/mol. The number of carbonyl (C=O) groups excluding carboxylic acids is 1. The fourth-order valence-corrected chi connectivity index (χ4v) is 4.12. The van der Waals surface area contributed by atoms with Gasteiger partial charge in [0, 0.05) is 36.1 Å². The standard InChI is InChI=1S/C19H21N5O3/c1-11-12(2)20-9-21-18(11)23-7-14-6-15(8-23)24(14)19(25)22-13-3-4-16-17(5-13)27-10-26-16/h3-5,9,14-15H,6-8,10H2,1-2H3,(H,22,25). The Kier molecular flexibility index (Phi) is 3.60. The van der Waals surface area contributed by atoms with Crippen molar-refractivity contribution in [2.75, 3.05) is 30.1 Å². The Labute approximate surface area is 157 Å². The number of ether oxygens (including phenoxy) is 2. The van der Waals surface area contributed by atoms with Gasteiger partial charge in [0.15, 0.2) is 11.5 Å². The number of fused-ring (bicyclic) bond motifs is 3. The molecule has 3 fully saturated rings. The molecule has 0 spiro atoms. The minimum atomic E-state index is -0.0645. The van der Waals surface area contributed by atoms with Crippen molar-refractivity contribution in [2.24, 2.45) is 0 Å². The lowest BCUT2D eigenvalue weighted by Gasteiger charge is -2.56. The van der Waals surface area contributed by atoms with Gasteiger partial charge in [-0.25, -0.2) is 14.8 Å². The molecule has 2 atom stereocenters. The van der Waals surface area contributed by atoms with Crippen molar-refractivity contribution in [3.05, 3.63) is 35.8 Å². The van der Waals surface area contributed by atoms with Gasteiger partial charge in [0.25, 0.3) is 0 Å². The van der Waals surface area contributed by atoms with Crippen LogP contribution in [0.15, 0.2) is 24.5 Å². The van der Waals surface area contributed by atoms with Crippen LogP contribution in [-0.4, -0.2) is 52.9 Å². The summed E-state index contributed by atoms with van der Waals surface area (Å²) in [6.45, 7) is 5.86. The molecule has 6 rings (SSSR count). The molecule has 0 saturated carbocycles. The average Bonchev–Trinajstić information content (AvgIpc) is 3.11. The molecule has 0 radical (unpaired) electrons. The van der Waals surface area contributed by atoms with Crippen molar-refractivity contribution in [3.8, 4) is 11.5 Å². The molecule has 2 amide bonds. The van der Waals surface area contributed by atoms with E-state index in [2.05, 4.69) is 27.1 Å². The van der Waals surface area contributed by atoms with Gasteiger partial charge >= 0.3 is 6.03 Å². The zero-order valence-corrected chi connectivity index (χ0v) is 15.3. The minimum Gasteiger partial charge on any atom is -0.454 e. The normalized spacial score (nSPS) is 22.4. The maximum Gasteiger partial charge on any atom is 0.322 e. The second-order valence-corrected chi connectivity index (χ2v) is 7.26. The molecule has 4 aliphatic rings. The molecule has 8 heteroatoms. The molecule has 2 bridgehead atoms. The number of nitrogens with one attached hydrogen (secondary N) is 1. The van der Waals surface area contributed by atoms with Crippen molar-refractivity contribution in [1.29, 1.82) is 0 Å². The second-order valence-electron chi connectivity index (χ2n) is 7.26. The molecule has 2 aromatic rings. The molecule has 5 heterocycles. The summed E-state index contributed by atoms with van der Waals surface area (Å²) in [5, 5.41) is 2.98. The van der Waals surface area contributed by atoms with Crippen molar-refractivity contribution >= 4 is 17.5 Å². The van der Waals surface area contributed by atoms with E-state index >= 15 is 0 Å². The molecule has 3 saturated heterocycles. The van der Waals surface area contributed by atoms with Crippen LogP contribution in [0.3, 0.4) is 0 Å². The number of urea groups is 1. The third kappa shape index (κ3) is 2.63. The Balaban J connectivity index is 1.27. The van der Waals surface area contributed by atoms with Gasteiger partial charge in [0.05, 0.1) is 12.1 Å². The number of hydrogen-bond acceptors (Lipinski definition) is 6. The number of anilines is 2. The molecule has 8 nitrogen and oxygen atoms in total. The van der Waals surface area contributed by atoms with Crippen LogP contribution < -0.4 is 19.7 Å². The van der Waals surface area contributed by atoms with Crippen LogP contribution in [0.5, 0.6) is 11.5 Å². The van der Waals surface area contributed by atoms with Gasteiger partial charge < -0.3 is 24.6 Å². The van der Waals surface area contributed by atoms with Crippen LogP contribution in [0, 0.1) is 13.8 Å². The Morgan fingerprint density at radius 2 is 1.93 bits per heavy atom. The van der Waals surface area contributed by atoms with Crippen LogP contribution in [0.2, 0.25) is 0 Å². The highest BCUT2D eigenvalue weighted by molar-refractivity contribution is 5.91. The Hall–Kier alpha value is -3.03. The van der Waals surface area contributed by atoms with E-state index in [1.807, 2.05) is 24.0 Å². The van der Waals surface area contributed by atoms with Crippen LogP contribution >= 0.6 is 0 Å². The summed E-state index contributed by atoms with van der Waals surface area (Å²) in [5.74, 6) is 2.35. The van der Waals surface area contributed by atoms with E-state index in [1.165, 1.54) is 0 Å². The molecule has 27 heavy (non-hydrogen) atoms. The number of aryl methyl sites for hydroxylation is 1. The quantitative estimate of drug-likeness (QED) is 0.878. The van der Waals surface area contributed by atoms with Gasteiger partial charge in [-0.3, -0.25) is 0 Å². The Bertz CT molecular complexity index is 906. The van der Waals surface area contributed by atoms with Gasteiger partial charge in [-0.2, -0.15) is 0 Å². The predicted molar refractivity (Wildman–Crippen MR) is 99.3 cm³/mol. The number of amides is 2. The van der Waals surface area contributed by atoms with E-state index in [1.54, 1.807) is 12.4 Å². The third-order valence-electron chi connectivity index (χ3n) is 5.66. The number of rotatable bonds is 2. The first-order valence-electron chi connectivity index (χ1n) is 9.12. The van der Waals surface area contributed by atoms with Crippen molar-refractivity contribution in [3.63, 3.8) is 0 Å².